The van der Waals surface area contributed by atoms with Crippen molar-refractivity contribution >= 4 is 5.91 Å². The molecule has 0 radical (unpaired) electrons. The first-order chi connectivity index (χ1) is 13.1. The number of hydrogen-bond acceptors (Lipinski definition) is 6. The summed E-state index contributed by atoms with van der Waals surface area (Å²) in [5, 5.41) is 11.7. The van der Waals surface area contributed by atoms with Crippen LogP contribution in [0.15, 0.2) is 41.1 Å². The van der Waals surface area contributed by atoms with Crippen molar-refractivity contribution in [3.8, 4) is 0 Å². The number of nitrogens with zero attached hydrogens (tertiary/aromatic N) is 3. The van der Waals surface area contributed by atoms with Crippen LogP contribution in [0.4, 0.5) is 0 Å². The number of oxazole rings is 1. The molecule has 27 heavy (non-hydrogen) atoms. The zero-order valence-corrected chi connectivity index (χ0v) is 15.5. The molecule has 2 saturated heterocycles. The molecule has 1 amide bonds. The largest absolute Gasteiger partial charge is 0.438 e. The topological polar surface area (TPSA) is 79.0 Å². The van der Waals surface area contributed by atoms with Crippen LogP contribution in [-0.4, -0.2) is 71.2 Å². The molecule has 4 rings (SSSR count). The van der Waals surface area contributed by atoms with Gasteiger partial charge in [-0.05, 0) is 18.9 Å². The van der Waals surface area contributed by atoms with Crippen molar-refractivity contribution in [3.63, 3.8) is 0 Å². The minimum absolute atomic E-state index is 0.168. The Morgan fingerprint density at radius 2 is 1.96 bits per heavy atom. The lowest BCUT2D eigenvalue weighted by molar-refractivity contribution is -0.113. The highest BCUT2D eigenvalue weighted by Gasteiger charge is 2.47. The van der Waals surface area contributed by atoms with Crippen molar-refractivity contribution in [2.75, 3.05) is 39.4 Å². The smallest absolute Gasteiger partial charge is 0.291 e. The summed E-state index contributed by atoms with van der Waals surface area (Å²) in [5.74, 6) is 0.110. The number of morpholine rings is 1. The molecule has 0 unspecified atom stereocenters. The van der Waals surface area contributed by atoms with E-state index >= 15 is 0 Å². The van der Waals surface area contributed by atoms with Gasteiger partial charge in [-0.25, -0.2) is 4.98 Å². The van der Waals surface area contributed by atoms with E-state index in [0.717, 1.165) is 18.7 Å². The first kappa shape index (κ1) is 18.2. The number of piperidine rings is 1. The molecule has 2 aliphatic heterocycles. The van der Waals surface area contributed by atoms with Gasteiger partial charge in [0.1, 0.15) is 5.60 Å². The lowest BCUT2D eigenvalue weighted by Gasteiger charge is -2.50. The first-order valence-electron chi connectivity index (χ1n) is 9.38. The van der Waals surface area contributed by atoms with Gasteiger partial charge in [-0.2, -0.15) is 0 Å². The zero-order chi connectivity index (χ0) is 18.9. The van der Waals surface area contributed by atoms with E-state index in [-0.39, 0.29) is 17.7 Å². The summed E-state index contributed by atoms with van der Waals surface area (Å²) in [7, 11) is 0. The summed E-state index contributed by atoms with van der Waals surface area (Å²) in [5.41, 5.74) is 0.475. The Morgan fingerprint density at radius 3 is 2.63 bits per heavy atom. The van der Waals surface area contributed by atoms with Gasteiger partial charge >= 0.3 is 0 Å². The fourth-order valence-corrected chi connectivity index (χ4v) is 4.13. The van der Waals surface area contributed by atoms with Crippen LogP contribution >= 0.6 is 0 Å². The predicted octanol–water partition coefficient (Wildman–Crippen LogP) is 1.42. The van der Waals surface area contributed by atoms with Gasteiger partial charge in [-0.15, -0.1) is 0 Å². The van der Waals surface area contributed by atoms with Gasteiger partial charge in [-0.3, -0.25) is 9.69 Å². The van der Waals surface area contributed by atoms with E-state index in [1.807, 2.05) is 30.3 Å². The van der Waals surface area contributed by atoms with E-state index in [4.69, 9.17) is 9.15 Å². The van der Waals surface area contributed by atoms with Crippen molar-refractivity contribution in [2.45, 2.75) is 25.0 Å². The summed E-state index contributed by atoms with van der Waals surface area (Å²) in [6.07, 6.45) is 1.77. The number of aromatic nitrogens is 1. The average molecular weight is 371 g/mol. The Bertz CT molecular complexity index is 788. The Labute approximate surface area is 158 Å². The molecule has 1 N–H and O–H groups in total. The second kappa shape index (κ2) is 7.42. The number of carbonyl (C=O) groups is 1. The number of likely N-dealkylation sites (tertiary alicyclic amines) is 1. The van der Waals surface area contributed by atoms with E-state index in [1.165, 1.54) is 6.39 Å². The molecule has 0 spiro atoms. The summed E-state index contributed by atoms with van der Waals surface area (Å²) in [4.78, 5) is 21.0. The predicted molar refractivity (Wildman–Crippen MR) is 98.3 cm³/mol. The molecule has 2 atom stereocenters. The van der Waals surface area contributed by atoms with E-state index in [9.17, 15) is 9.90 Å². The molecular weight excluding hydrogens is 346 g/mol. The Kier molecular flexibility index (Phi) is 4.99. The summed E-state index contributed by atoms with van der Waals surface area (Å²) >= 11 is 0. The molecule has 2 aliphatic rings. The molecule has 2 fully saturated rings. The molecule has 7 nitrogen and oxygen atoms in total. The van der Waals surface area contributed by atoms with Crippen LogP contribution in [0, 0.1) is 6.92 Å². The maximum Gasteiger partial charge on any atom is 0.291 e. The molecule has 0 aliphatic carbocycles. The second-order valence-corrected chi connectivity index (χ2v) is 7.22. The maximum absolute atomic E-state index is 12.9. The standard InChI is InChI=1S/C20H25N3O4/c1-15-18(27-14-21-15)19(24)23-8-7-20(25,16-5-3-2-4-6-16)17(13-23)22-9-11-26-12-10-22/h2-6,14,17,25H,7-13H2,1H3/t17-,20+/m1/s1. The lowest BCUT2D eigenvalue weighted by atomic mass is 9.79. The molecule has 0 bridgehead atoms. The van der Waals surface area contributed by atoms with E-state index in [2.05, 4.69) is 9.88 Å². The number of amides is 1. The van der Waals surface area contributed by atoms with Crippen LogP contribution in [0.5, 0.6) is 0 Å². The monoisotopic (exact) mass is 371 g/mol. The number of hydrogen-bond donors (Lipinski definition) is 1. The maximum atomic E-state index is 12.9. The molecule has 1 aromatic heterocycles. The number of aryl methyl sites for hydroxylation is 1. The van der Waals surface area contributed by atoms with Crippen molar-refractivity contribution in [1.82, 2.24) is 14.8 Å². The van der Waals surface area contributed by atoms with Crippen molar-refractivity contribution in [2.24, 2.45) is 0 Å². The molecule has 0 saturated carbocycles. The van der Waals surface area contributed by atoms with Gasteiger partial charge in [0.25, 0.3) is 5.91 Å². The van der Waals surface area contributed by atoms with Crippen LogP contribution < -0.4 is 0 Å². The molecule has 144 valence electrons. The Morgan fingerprint density at radius 1 is 1.22 bits per heavy atom. The minimum Gasteiger partial charge on any atom is -0.438 e. The van der Waals surface area contributed by atoms with Gasteiger partial charge in [0.05, 0.1) is 24.9 Å². The van der Waals surface area contributed by atoms with Crippen molar-refractivity contribution in [1.29, 1.82) is 0 Å². The van der Waals surface area contributed by atoms with E-state index in [1.54, 1.807) is 11.8 Å². The third kappa shape index (κ3) is 3.38. The first-order valence-corrected chi connectivity index (χ1v) is 9.38. The fraction of sp³-hybridized carbons (Fsp3) is 0.500. The third-order valence-electron chi connectivity index (χ3n) is 5.69. The zero-order valence-electron chi connectivity index (χ0n) is 15.5. The van der Waals surface area contributed by atoms with Gasteiger partial charge in [0, 0.05) is 26.2 Å². The molecule has 1 aromatic carbocycles. The highest BCUT2D eigenvalue weighted by molar-refractivity contribution is 5.92. The molecular formula is C20H25N3O4. The van der Waals surface area contributed by atoms with Crippen molar-refractivity contribution in [3.05, 3.63) is 53.7 Å². The van der Waals surface area contributed by atoms with Gasteiger partial charge in [-0.1, -0.05) is 30.3 Å². The fourth-order valence-electron chi connectivity index (χ4n) is 4.13. The van der Waals surface area contributed by atoms with Gasteiger partial charge in [0.2, 0.25) is 5.76 Å². The van der Waals surface area contributed by atoms with Crippen LogP contribution in [-0.2, 0) is 10.3 Å². The quantitative estimate of drug-likeness (QED) is 0.879. The number of ether oxygens (including phenoxy) is 1. The minimum atomic E-state index is -1.01. The summed E-state index contributed by atoms with van der Waals surface area (Å²) in [6, 6.07) is 9.56. The number of aliphatic hydroxyl groups is 1. The van der Waals surface area contributed by atoms with Crippen molar-refractivity contribution < 1.29 is 19.1 Å². The SMILES string of the molecule is Cc1ncoc1C(=O)N1CC[C@](O)(c2ccccc2)[C@H](N2CCOCC2)C1. The lowest BCUT2D eigenvalue weighted by Crippen LogP contribution is -2.63. The summed E-state index contributed by atoms with van der Waals surface area (Å²) < 4.78 is 10.8. The molecule has 7 heteroatoms. The molecule has 2 aromatic rings. The van der Waals surface area contributed by atoms with Gasteiger partial charge < -0.3 is 19.2 Å². The van der Waals surface area contributed by atoms with Crippen LogP contribution in [0.3, 0.4) is 0 Å². The summed E-state index contributed by atoms with van der Waals surface area (Å²) in [6.45, 7) is 5.41. The highest BCUT2D eigenvalue weighted by Crippen LogP contribution is 2.36. The van der Waals surface area contributed by atoms with Crippen LogP contribution in [0.2, 0.25) is 0 Å². The van der Waals surface area contributed by atoms with E-state index in [0.29, 0.717) is 38.4 Å². The number of rotatable bonds is 3. The average Bonchev–Trinajstić information content (AvgIpc) is 3.15. The van der Waals surface area contributed by atoms with Gasteiger partial charge in [0.15, 0.2) is 6.39 Å². The number of benzene rings is 1. The van der Waals surface area contributed by atoms with E-state index < -0.39 is 5.60 Å². The van der Waals surface area contributed by atoms with Crippen LogP contribution in [0.1, 0.15) is 28.2 Å². The Balaban J connectivity index is 1.63. The van der Waals surface area contributed by atoms with Crippen LogP contribution in [0.25, 0.3) is 0 Å². The Hall–Kier alpha value is -2.22. The number of carbonyl (C=O) groups excluding carboxylic acids is 1. The third-order valence-corrected chi connectivity index (χ3v) is 5.69. The molecule has 3 heterocycles. The normalized spacial score (nSPS) is 26.9. The highest BCUT2D eigenvalue weighted by atomic mass is 16.5. The second-order valence-electron chi connectivity index (χ2n) is 7.22.